The van der Waals surface area contributed by atoms with Gasteiger partial charge in [-0.05, 0) is 85.9 Å². The molecule has 0 saturated heterocycles. The van der Waals surface area contributed by atoms with Crippen LogP contribution in [0.3, 0.4) is 0 Å². The van der Waals surface area contributed by atoms with Crippen LogP contribution in [0.4, 0.5) is 5.69 Å². The van der Waals surface area contributed by atoms with Crippen molar-refractivity contribution in [1.29, 1.82) is 0 Å². The molecule has 1 unspecified atom stereocenters. The summed E-state index contributed by atoms with van der Waals surface area (Å²) < 4.78 is 5.58. The zero-order valence-corrected chi connectivity index (χ0v) is 16.0. The quantitative estimate of drug-likeness (QED) is 0.783. The highest BCUT2D eigenvalue weighted by molar-refractivity contribution is 5.56. The van der Waals surface area contributed by atoms with Gasteiger partial charge in [0.2, 0.25) is 0 Å². The molecule has 3 nitrogen and oxygen atoms in total. The molecule has 138 valence electrons. The number of ether oxygens (including phenoxy) is 1. The molecule has 4 rings (SSSR count). The molecule has 0 radical (unpaired) electrons. The molecule has 1 aliphatic carbocycles. The lowest BCUT2D eigenvalue weighted by Crippen LogP contribution is -2.23. The third kappa shape index (κ3) is 3.45. The van der Waals surface area contributed by atoms with Crippen LogP contribution < -0.4 is 15.4 Å². The minimum Gasteiger partial charge on any atom is -0.496 e. The van der Waals surface area contributed by atoms with E-state index in [1.807, 2.05) is 0 Å². The number of methoxy groups -OCH3 is 1. The zero-order chi connectivity index (χ0) is 17.9. The van der Waals surface area contributed by atoms with Crippen molar-refractivity contribution in [3.05, 3.63) is 58.7 Å². The Morgan fingerprint density at radius 3 is 3.04 bits per heavy atom. The molecule has 2 aromatic rings. The monoisotopic (exact) mass is 350 g/mol. The van der Waals surface area contributed by atoms with Gasteiger partial charge < -0.3 is 15.4 Å². The predicted molar refractivity (Wildman–Crippen MR) is 108 cm³/mol. The van der Waals surface area contributed by atoms with Crippen molar-refractivity contribution in [1.82, 2.24) is 5.32 Å². The number of hydrogen-bond acceptors (Lipinski definition) is 3. The van der Waals surface area contributed by atoms with Crippen LogP contribution in [-0.4, -0.2) is 20.2 Å². The summed E-state index contributed by atoms with van der Waals surface area (Å²) in [5, 5.41) is 7.19. The molecular weight excluding hydrogens is 320 g/mol. The smallest absolute Gasteiger partial charge is 0.122 e. The number of anilines is 1. The number of benzene rings is 2. The molecule has 0 aromatic heterocycles. The van der Waals surface area contributed by atoms with E-state index in [0.717, 1.165) is 31.7 Å². The largest absolute Gasteiger partial charge is 0.496 e. The predicted octanol–water partition coefficient (Wildman–Crippen LogP) is 4.82. The summed E-state index contributed by atoms with van der Waals surface area (Å²) in [6.45, 7) is 4.41. The van der Waals surface area contributed by atoms with Gasteiger partial charge in [0.05, 0.1) is 7.11 Å². The van der Waals surface area contributed by atoms with Crippen molar-refractivity contribution in [3.8, 4) is 5.75 Å². The Morgan fingerprint density at radius 2 is 2.15 bits per heavy atom. The molecule has 0 spiro atoms. The van der Waals surface area contributed by atoms with Crippen molar-refractivity contribution >= 4 is 5.69 Å². The van der Waals surface area contributed by atoms with Crippen LogP contribution in [0.15, 0.2) is 36.4 Å². The Balaban J connectivity index is 1.37. The number of rotatable bonds is 6. The first-order valence-electron chi connectivity index (χ1n) is 10.0. The highest BCUT2D eigenvalue weighted by Gasteiger charge is 2.22. The third-order valence-electron chi connectivity index (χ3n) is 6.09. The molecule has 0 fully saturated rings. The summed E-state index contributed by atoms with van der Waals surface area (Å²) in [5.74, 6) is 1.72. The maximum absolute atomic E-state index is 5.58. The molecule has 2 N–H and O–H groups in total. The molecule has 2 aliphatic rings. The summed E-state index contributed by atoms with van der Waals surface area (Å²) >= 11 is 0. The van der Waals surface area contributed by atoms with Crippen LogP contribution in [0.2, 0.25) is 0 Å². The van der Waals surface area contributed by atoms with E-state index >= 15 is 0 Å². The highest BCUT2D eigenvalue weighted by atomic mass is 16.5. The van der Waals surface area contributed by atoms with Gasteiger partial charge in [-0.25, -0.2) is 0 Å². The van der Waals surface area contributed by atoms with Gasteiger partial charge in [-0.1, -0.05) is 24.3 Å². The molecule has 1 aliphatic heterocycles. The molecule has 3 heteroatoms. The van der Waals surface area contributed by atoms with E-state index in [2.05, 4.69) is 54.0 Å². The fourth-order valence-corrected chi connectivity index (χ4v) is 4.59. The lowest BCUT2D eigenvalue weighted by Gasteiger charge is -2.27. The second-order valence-electron chi connectivity index (χ2n) is 7.68. The summed E-state index contributed by atoms with van der Waals surface area (Å²) in [6, 6.07) is 13.8. The van der Waals surface area contributed by atoms with E-state index in [9.17, 15) is 0 Å². The van der Waals surface area contributed by atoms with Gasteiger partial charge in [0.25, 0.3) is 0 Å². The van der Waals surface area contributed by atoms with Gasteiger partial charge >= 0.3 is 0 Å². The first kappa shape index (κ1) is 17.4. The van der Waals surface area contributed by atoms with Gasteiger partial charge in [-0.3, -0.25) is 0 Å². The second-order valence-corrected chi connectivity index (χ2v) is 7.68. The summed E-state index contributed by atoms with van der Waals surface area (Å²) in [5.41, 5.74) is 7.12. The van der Waals surface area contributed by atoms with Crippen LogP contribution in [-0.2, 0) is 12.8 Å². The van der Waals surface area contributed by atoms with Crippen molar-refractivity contribution < 1.29 is 4.74 Å². The maximum Gasteiger partial charge on any atom is 0.122 e. The summed E-state index contributed by atoms with van der Waals surface area (Å²) in [6.07, 6.45) is 6.06. The molecule has 26 heavy (non-hydrogen) atoms. The molecule has 2 atom stereocenters. The minimum atomic E-state index is 0.397. The second kappa shape index (κ2) is 7.71. The van der Waals surface area contributed by atoms with Gasteiger partial charge in [0.15, 0.2) is 0 Å². The average molecular weight is 351 g/mol. The molecule has 0 saturated carbocycles. The molecule has 0 bridgehead atoms. The topological polar surface area (TPSA) is 33.3 Å². The van der Waals surface area contributed by atoms with Gasteiger partial charge in [-0.15, -0.1) is 0 Å². The Bertz CT molecular complexity index is 771. The fourth-order valence-electron chi connectivity index (χ4n) is 4.59. The van der Waals surface area contributed by atoms with Crippen LogP contribution in [0.5, 0.6) is 5.75 Å². The fraction of sp³-hybridized carbons (Fsp3) is 0.478. The molecular formula is C23H30N2O. The van der Waals surface area contributed by atoms with Crippen LogP contribution in [0.25, 0.3) is 0 Å². The van der Waals surface area contributed by atoms with E-state index in [1.165, 1.54) is 47.2 Å². The Kier molecular flexibility index (Phi) is 5.16. The van der Waals surface area contributed by atoms with E-state index < -0.39 is 0 Å². The molecule has 0 amide bonds. The highest BCUT2D eigenvalue weighted by Crippen LogP contribution is 2.38. The molecule has 1 heterocycles. The van der Waals surface area contributed by atoms with Gasteiger partial charge in [-0.2, -0.15) is 0 Å². The standard InChI is InChI=1S/C23H30N2O/c1-16(18-9-10-22-19(15-18)12-14-25-22)24-13-11-17-5-3-7-21-20(17)6-4-8-23(21)26-2/h4,6,8-10,15-17,24-25H,3,5,7,11-14H2,1-2H3/t16?,17-/m1/s1. The first-order chi connectivity index (χ1) is 12.8. The lowest BCUT2D eigenvalue weighted by molar-refractivity contribution is 0.400. The van der Waals surface area contributed by atoms with Crippen molar-refractivity contribution in [2.24, 2.45) is 0 Å². The van der Waals surface area contributed by atoms with Crippen molar-refractivity contribution in [2.75, 3.05) is 25.5 Å². The Morgan fingerprint density at radius 1 is 1.23 bits per heavy atom. The maximum atomic E-state index is 5.58. The van der Waals surface area contributed by atoms with E-state index in [0.29, 0.717) is 12.0 Å². The van der Waals surface area contributed by atoms with Crippen molar-refractivity contribution in [3.63, 3.8) is 0 Å². The average Bonchev–Trinajstić information content (AvgIpc) is 3.15. The van der Waals surface area contributed by atoms with E-state index in [1.54, 1.807) is 7.11 Å². The Labute approximate surface area is 157 Å². The molecule has 2 aromatic carbocycles. The SMILES string of the molecule is COc1cccc2c1CCC[C@@H]2CCNC(C)c1ccc2c(c1)CCN2. The minimum absolute atomic E-state index is 0.397. The number of hydrogen-bond donors (Lipinski definition) is 2. The van der Waals surface area contributed by atoms with E-state index in [-0.39, 0.29) is 0 Å². The van der Waals surface area contributed by atoms with Crippen molar-refractivity contribution in [2.45, 2.75) is 51.0 Å². The summed E-state index contributed by atoms with van der Waals surface area (Å²) in [4.78, 5) is 0. The van der Waals surface area contributed by atoms with Gasteiger partial charge in [0.1, 0.15) is 5.75 Å². The van der Waals surface area contributed by atoms with Crippen LogP contribution in [0.1, 0.15) is 60.4 Å². The number of nitrogens with one attached hydrogen (secondary N) is 2. The lowest BCUT2D eigenvalue weighted by atomic mass is 9.80. The van der Waals surface area contributed by atoms with Crippen LogP contribution in [0, 0.1) is 0 Å². The summed E-state index contributed by atoms with van der Waals surface area (Å²) in [7, 11) is 1.79. The Hall–Kier alpha value is -2.00. The normalized spacial score (nSPS) is 19.4. The van der Waals surface area contributed by atoms with Gasteiger partial charge in [0, 0.05) is 18.3 Å². The number of fused-ring (bicyclic) bond motifs is 2. The first-order valence-corrected chi connectivity index (χ1v) is 10.0. The third-order valence-corrected chi connectivity index (χ3v) is 6.09. The van der Waals surface area contributed by atoms with Crippen LogP contribution >= 0.6 is 0 Å². The zero-order valence-electron chi connectivity index (χ0n) is 16.0. The van der Waals surface area contributed by atoms with E-state index in [4.69, 9.17) is 4.74 Å².